The van der Waals surface area contributed by atoms with Gasteiger partial charge in [-0.25, -0.2) is 0 Å². The van der Waals surface area contributed by atoms with Crippen molar-refractivity contribution in [2.45, 2.75) is 26.3 Å². The Bertz CT molecular complexity index is 737. The zero-order valence-corrected chi connectivity index (χ0v) is 16.2. The third-order valence-corrected chi connectivity index (χ3v) is 5.36. The van der Waals surface area contributed by atoms with Gasteiger partial charge in [0.1, 0.15) is 0 Å². The Morgan fingerprint density at radius 1 is 1.26 bits per heavy atom. The SMILES string of the molecule is Cc1cc(Br)c(NC(=O)CN2c3ccccc3C[C@@H]2C)c(Br)c1. The number of carbonyl (C=O) groups is 1. The number of anilines is 2. The van der Waals surface area contributed by atoms with Gasteiger partial charge < -0.3 is 10.2 Å². The summed E-state index contributed by atoms with van der Waals surface area (Å²) in [6.45, 7) is 4.53. The van der Waals surface area contributed by atoms with E-state index >= 15 is 0 Å². The van der Waals surface area contributed by atoms with Crippen LogP contribution in [-0.2, 0) is 11.2 Å². The van der Waals surface area contributed by atoms with Gasteiger partial charge in [-0.1, -0.05) is 18.2 Å². The molecule has 1 N–H and O–H groups in total. The van der Waals surface area contributed by atoms with E-state index < -0.39 is 0 Å². The second-order valence-corrected chi connectivity index (χ2v) is 7.67. The van der Waals surface area contributed by atoms with Gasteiger partial charge in [-0.2, -0.15) is 0 Å². The number of nitrogens with zero attached hydrogens (tertiary/aromatic N) is 1. The fourth-order valence-electron chi connectivity index (χ4n) is 3.02. The molecule has 2 aromatic carbocycles. The Balaban J connectivity index is 1.76. The quantitative estimate of drug-likeness (QED) is 0.739. The standard InChI is InChI=1S/C18H18Br2N2O/c1-11-7-14(19)18(15(20)8-11)21-17(23)10-22-12(2)9-13-5-3-4-6-16(13)22/h3-8,12H,9-10H2,1-2H3,(H,21,23)/t12-/m0/s1. The van der Waals surface area contributed by atoms with E-state index in [0.717, 1.165) is 32.3 Å². The molecule has 0 aromatic heterocycles. The highest BCUT2D eigenvalue weighted by Crippen LogP contribution is 2.34. The fraction of sp³-hybridized carbons (Fsp3) is 0.278. The number of halogens is 2. The molecule has 120 valence electrons. The maximum Gasteiger partial charge on any atom is 0.243 e. The average molecular weight is 438 g/mol. The van der Waals surface area contributed by atoms with Crippen LogP contribution in [0.1, 0.15) is 18.1 Å². The highest BCUT2D eigenvalue weighted by molar-refractivity contribution is 9.11. The normalized spacial score (nSPS) is 16.3. The lowest BCUT2D eigenvalue weighted by Gasteiger charge is -2.24. The van der Waals surface area contributed by atoms with Crippen LogP contribution in [-0.4, -0.2) is 18.5 Å². The zero-order chi connectivity index (χ0) is 16.6. The summed E-state index contributed by atoms with van der Waals surface area (Å²) in [4.78, 5) is 14.7. The van der Waals surface area contributed by atoms with Gasteiger partial charge in [0.25, 0.3) is 0 Å². The molecule has 5 heteroatoms. The van der Waals surface area contributed by atoms with E-state index in [1.165, 1.54) is 5.56 Å². The van der Waals surface area contributed by atoms with E-state index in [4.69, 9.17) is 0 Å². The number of aryl methyl sites for hydroxylation is 1. The van der Waals surface area contributed by atoms with E-state index in [-0.39, 0.29) is 5.91 Å². The minimum Gasteiger partial charge on any atom is -0.359 e. The lowest BCUT2D eigenvalue weighted by molar-refractivity contribution is -0.115. The smallest absolute Gasteiger partial charge is 0.243 e. The summed E-state index contributed by atoms with van der Waals surface area (Å²) in [7, 11) is 0. The van der Waals surface area contributed by atoms with Gasteiger partial charge in [0.05, 0.1) is 12.2 Å². The molecule has 0 saturated carbocycles. The van der Waals surface area contributed by atoms with Crippen LogP contribution in [0, 0.1) is 6.92 Å². The molecule has 23 heavy (non-hydrogen) atoms. The summed E-state index contributed by atoms with van der Waals surface area (Å²) < 4.78 is 1.76. The van der Waals surface area contributed by atoms with Crippen molar-refractivity contribution in [2.75, 3.05) is 16.8 Å². The molecule has 0 bridgehead atoms. The Morgan fingerprint density at radius 3 is 2.61 bits per heavy atom. The third-order valence-electron chi connectivity index (χ3n) is 4.11. The summed E-state index contributed by atoms with van der Waals surface area (Å²) in [6, 6.07) is 12.6. The highest BCUT2D eigenvalue weighted by atomic mass is 79.9. The molecule has 1 aliphatic rings. The van der Waals surface area contributed by atoms with Crippen molar-refractivity contribution < 1.29 is 4.79 Å². The molecule has 1 amide bonds. The molecule has 0 aliphatic carbocycles. The Kier molecular flexibility index (Phi) is 4.78. The number of amides is 1. The van der Waals surface area contributed by atoms with Crippen LogP contribution in [0.25, 0.3) is 0 Å². The first-order valence-corrected chi connectivity index (χ1v) is 9.14. The van der Waals surface area contributed by atoms with Gasteiger partial charge in [-0.3, -0.25) is 4.79 Å². The first-order chi connectivity index (χ1) is 11.0. The van der Waals surface area contributed by atoms with Gasteiger partial charge in [-0.15, -0.1) is 0 Å². The van der Waals surface area contributed by atoms with Crippen LogP contribution in [0.3, 0.4) is 0 Å². The minimum atomic E-state index is -0.0150. The van der Waals surface area contributed by atoms with Gasteiger partial charge in [0.15, 0.2) is 0 Å². The predicted molar refractivity (Wildman–Crippen MR) is 102 cm³/mol. The van der Waals surface area contributed by atoms with E-state index in [1.807, 2.05) is 25.1 Å². The maximum atomic E-state index is 12.5. The van der Waals surface area contributed by atoms with Crippen molar-refractivity contribution in [3.05, 3.63) is 56.5 Å². The number of rotatable bonds is 3. The van der Waals surface area contributed by atoms with Gasteiger partial charge >= 0.3 is 0 Å². The van der Waals surface area contributed by atoms with Crippen LogP contribution in [0.4, 0.5) is 11.4 Å². The van der Waals surface area contributed by atoms with Gasteiger partial charge in [-0.05, 0) is 81.5 Å². The molecule has 1 aliphatic heterocycles. The van der Waals surface area contributed by atoms with Gasteiger partial charge in [0.2, 0.25) is 5.91 Å². The molecular formula is C18H18Br2N2O. The summed E-state index contributed by atoms with van der Waals surface area (Å²) in [5, 5.41) is 3.01. The molecule has 3 rings (SSSR count). The number of carbonyl (C=O) groups excluding carboxylic acids is 1. The molecule has 1 atom stereocenters. The molecule has 0 fully saturated rings. The molecule has 0 radical (unpaired) electrons. The first-order valence-electron chi connectivity index (χ1n) is 7.55. The van der Waals surface area contributed by atoms with Crippen molar-refractivity contribution >= 4 is 49.1 Å². The average Bonchev–Trinajstić information content (AvgIpc) is 2.79. The second-order valence-electron chi connectivity index (χ2n) is 5.96. The Morgan fingerprint density at radius 2 is 1.91 bits per heavy atom. The minimum absolute atomic E-state index is 0.0150. The number of para-hydroxylation sites is 1. The lowest BCUT2D eigenvalue weighted by atomic mass is 10.1. The van der Waals surface area contributed by atoms with Crippen LogP contribution in [0.5, 0.6) is 0 Å². The monoisotopic (exact) mass is 436 g/mol. The van der Waals surface area contributed by atoms with Crippen LogP contribution < -0.4 is 10.2 Å². The molecule has 2 aromatic rings. The topological polar surface area (TPSA) is 32.3 Å². The molecule has 0 unspecified atom stereocenters. The Hall–Kier alpha value is -1.33. The maximum absolute atomic E-state index is 12.5. The van der Waals surface area contributed by atoms with E-state index in [2.05, 4.69) is 67.2 Å². The molecule has 0 spiro atoms. The number of fused-ring (bicyclic) bond motifs is 1. The summed E-state index contributed by atoms with van der Waals surface area (Å²) in [5.41, 5.74) is 4.38. The second kappa shape index (κ2) is 6.65. The number of hydrogen-bond acceptors (Lipinski definition) is 2. The number of hydrogen-bond donors (Lipinski definition) is 1. The van der Waals surface area contributed by atoms with Crippen molar-refractivity contribution in [3.8, 4) is 0 Å². The lowest BCUT2D eigenvalue weighted by Crippen LogP contribution is -2.37. The largest absolute Gasteiger partial charge is 0.359 e. The van der Waals surface area contributed by atoms with E-state index in [0.29, 0.717) is 12.6 Å². The third kappa shape index (κ3) is 3.45. The number of benzene rings is 2. The van der Waals surface area contributed by atoms with Crippen molar-refractivity contribution in [2.24, 2.45) is 0 Å². The van der Waals surface area contributed by atoms with E-state index in [9.17, 15) is 4.79 Å². The van der Waals surface area contributed by atoms with Crippen molar-refractivity contribution in [3.63, 3.8) is 0 Å². The van der Waals surface area contributed by atoms with E-state index in [1.54, 1.807) is 0 Å². The number of nitrogens with one attached hydrogen (secondary N) is 1. The molecular weight excluding hydrogens is 420 g/mol. The summed E-state index contributed by atoms with van der Waals surface area (Å²) >= 11 is 7.04. The van der Waals surface area contributed by atoms with Gasteiger partial charge in [0, 0.05) is 20.7 Å². The van der Waals surface area contributed by atoms with Crippen molar-refractivity contribution in [1.82, 2.24) is 0 Å². The predicted octanol–water partition coefficient (Wildman–Crippen LogP) is 4.91. The van der Waals surface area contributed by atoms with Crippen LogP contribution >= 0.6 is 31.9 Å². The fourth-order valence-corrected chi connectivity index (χ4v) is 4.64. The van der Waals surface area contributed by atoms with Crippen LogP contribution in [0.15, 0.2) is 45.3 Å². The highest BCUT2D eigenvalue weighted by Gasteiger charge is 2.27. The first kappa shape index (κ1) is 16.5. The van der Waals surface area contributed by atoms with Crippen LogP contribution in [0.2, 0.25) is 0 Å². The zero-order valence-electron chi connectivity index (χ0n) is 13.1. The molecule has 3 nitrogen and oxygen atoms in total. The van der Waals surface area contributed by atoms with Crippen molar-refractivity contribution in [1.29, 1.82) is 0 Å². The molecule has 0 saturated heterocycles. The summed E-state index contributed by atoms with van der Waals surface area (Å²) in [5.74, 6) is -0.0150. The Labute approximate surface area is 153 Å². The summed E-state index contributed by atoms with van der Waals surface area (Å²) in [6.07, 6.45) is 0.987. The molecule has 1 heterocycles.